The second kappa shape index (κ2) is 12.7. The molecule has 0 N–H and O–H groups in total. The largest absolute Gasteiger partial charge is 0.454 e. The fourth-order valence-electron chi connectivity index (χ4n) is 6.63. The predicted molar refractivity (Wildman–Crippen MR) is 206 cm³/mol. The molecule has 0 unspecified atom stereocenters. The number of para-hydroxylation sites is 2. The van der Waals surface area contributed by atoms with Crippen molar-refractivity contribution in [2.24, 2.45) is 0 Å². The minimum atomic E-state index is 0.650. The maximum atomic E-state index is 6.80. The molecule has 4 heteroatoms. The van der Waals surface area contributed by atoms with E-state index in [0.29, 0.717) is 5.82 Å². The molecule has 2 aromatic heterocycles. The van der Waals surface area contributed by atoms with Gasteiger partial charge in [-0.3, -0.25) is 0 Å². The van der Waals surface area contributed by atoms with Gasteiger partial charge in [0.25, 0.3) is 0 Å². The second-order valence-corrected chi connectivity index (χ2v) is 12.2. The molecule has 9 rings (SSSR count). The van der Waals surface area contributed by atoms with Gasteiger partial charge in [-0.1, -0.05) is 140 Å². The van der Waals surface area contributed by atoms with E-state index in [0.717, 1.165) is 67.1 Å². The lowest BCUT2D eigenvalue weighted by Crippen LogP contribution is -2.10. The molecular weight excluding hydrogens is 611 g/mol. The van der Waals surface area contributed by atoms with E-state index in [4.69, 9.17) is 14.4 Å². The van der Waals surface area contributed by atoms with Crippen molar-refractivity contribution in [3.8, 4) is 45.0 Å². The van der Waals surface area contributed by atoms with Crippen LogP contribution in [0, 0.1) is 0 Å². The SMILES string of the molecule is c1ccc(-c2ccc(N(c3ccccc3)c3cccc4c3oc3cc(-c5nc(-c6ccccc6)cc(-c6ccccc6)n5)ccc34)cc2)cc1. The first-order valence-electron chi connectivity index (χ1n) is 16.7. The van der Waals surface area contributed by atoms with Gasteiger partial charge in [-0.2, -0.15) is 0 Å². The van der Waals surface area contributed by atoms with E-state index in [1.807, 2.05) is 48.5 Å². The molecule has 0 bridgehead atoms. The Labute approximate surface area is 290 Å². The molecule has 0 saturated heterocycles. The highest BCUT2D eigenvalue weighted by Crippen LogP contribution is 2.43. The summed E-state index contributed by atoms with van der Waals surface area (Å²) in [5, 5.41) is 2.09. The summed E-state index contributed by atoms with van der Waals surface area (Å²) in [4.78, 5) is 12.4. The Morgan fingerprint density at radius 2 is 0.900 bits per heavy atom. The van der Waals surface area contributed by atoms with Crippen LogP contribution in [0.4, 0.5) is 17.1 Å². The van der Waals surface area contributed by atoms with E-state index < -0.39 is 0 Å². The normalized spacial score (nSPS) is 11.2. The lowest BCUT2D eigenvalue weighted by Gasteiger charge is -2.25. The molecule has 0 aliphatic rings. The number of aromatic nitrogens is 2. The van der Waals surface area contributed by atoms with Gasteiger partial charge in [-0.25, -0.2) is 9.97 Å². The van der Waals surface area contributed by atoms with Gasteiger partial charge in [0.2, 0.25) is 0 Å². The first kappa shape index (κ1) is 29.4. The predicted octanol–water partition coefficient (Wildman–Crippen LogP) is 12.5. The molecule has 0 saturated carbocycles. The summed E-state index contributed by atoms with van der Waals surface area (Å²) in [6.45, 7) is 0. The number of benzene rings is 7. The summed E-state index contributed by atoms with van der Waals surface area (Å²) in [7, 11) is 0. The standard InChI is InChI=1S/C46H31N3O/c1-5-14-32(15-6-1)33-24-27-38(28-25-33)49(37-20-11-4-12-21-37)43-23-13-22-40-39-29-26-36(30-44(39)50-45(40)43)46-47-41(34-16-7-2-8-17-34)31-42(48-46)35-18-9-3-10-19-35/h1-31H. The van der Waals surface area contributed by atoms with Crippen LogP contribution in [0.5, 0.6) is 0 Å². The highest BCUT2D eigenvalue weighted by atomic mass is 16.3. The van der Waals surface area contributed by atoms with Gasteiger partial charge in [0, 0.05) is 38.8 Å². The van der Waals surface area contributed by atoms with E-state index in [-0.39, 0.29) is 0 Å². The zero-order valence-corrected chi connectivity index (χ0v) is 27.1. The summed E-state index contributed by atoms with van der Waals surface area (Å²) < 4.78 is 6.80. The van der Waals surface area contributed by atoms with Crippen molar-refractivity contribution in [3.05, 3.63) is 188 Å². The molecule has 0 radical (unpaired) electrons. The third-order valence-electron chi connectivity index (χ3n) is 9.09. The summed E-state index contributed by atoms with van der Waals surface area (Å²) in [6, 6.07) is 64.8. The van der Waals surface area contributed by atoms with Crippen LogP contribution in [-0.4, -0.2) is 9.97 Å². The molecule has 0 fully saturated rings. The fraction of sp³-hybridized carbons (Fsp3) is 0. The number of nitrogens with zero attached hydrogens (tertiary/aromatic N) is 3. The Morgan fingerprint density at radius 1 is 0.380 bits per heavy atom. The molecular formula is C46H31N3O. The van der Waals surface area contributed by atoms with Crippen molar-refractivity contribution < 1.29 is 4.42 Å². The second-order valence-electron chi connectivity index (χ2n) is 12.2. The van der Waals surface area contributed by atoms with Crippen molar-refractivity contribution in [2.45, 2.75) is 0 Å². The smallest absolute Gasteiger partial charge is 0.160 e. The minimum absolute atomic E-state index is 0.650. The number of hydrogen-bond donors (Lipinski definition) is 0. The van der Waals surface area contributed by atoms with Crippen LogP contribution < -0.4 is 4.90 Å². The number of hydrogen-bond acceptors (Lipinski definition) is 4. The van der Waals surface area contributed by atoms with E-state index in [2.05, 4.69) is 144 Å². The number of furan rings is 1. The van der Waals surface area contributed by atoms with Gasteiger partial charge in [-0.15, -0.1) is 0 Å². The van der Waals surface area contributed by atoms with E-state index in [9.17, 15) is 0 Å². The van der Waals surface area contributed by atoms with E-state index in [1.54, 1.807) is 0 Å². The maximum absolute atomic E-state index is 6.80. The Bertz CT molecular complexity index is 2510. The van der Waals surface area contributed by atoms with Crippen LogP contribution in [0.2, 0.25) is 0 Å². The van der Waals surface area contributed by atoms with Crippen LogP contribution in [-0.2, 0) is 0 Å². The molecule has 0 atom stereocenters. The average Bonchev–Trinajstić information content (AvgIpc) is 3.58. The molecule has 0 aliphatic carbocycles. The Hall–Kier alpha value is -6.78. The van der Waals surface area contributed by atoms with Gasteiger partial charge in [-0.05, 0) is 59.7 Å². The van der Waals surface area contributed by atoms with Crippen molar-refractivity contribution in [1.29, 1.82) is 0 Å². The zero-order valence-electron chi connectivity index (χ0n) is 27.1. The molecule has 4 nitrogen and oxygen atoms in total. The van der Waals surface area contributed by atoms with Crippen LogP contribution in [0.15, 0.2) is 192 Å². The summed E-state index contributed by atoms with van der Waals surface area (Å²) in [5.41, 5.74) is 11.7. The average molecular weight is 642 g/mol. The van der Waals surface area contributed by atoms with Crippen molar-refractivity contribution >= 4 is 39.0 Å². The van der Waals surface area contributed by atoms with Crippen LogP contribution in [0.1, 0.15) is 0 Å². The monoisotopic (exact) mass is 641 g/mol. The molecule has 9 aromatic rings. The molecule has 7 aromatic carbocycles. The van der Waals surface area contributed by atoms with E-state index in [1.165, 1.54) is 11.1 Å². The van der Waals surface area contributed by atoms with Crippen molar-refractivity contribution in [1.82, 2.24) is 9.97 Å². The molecule has 50 heavy (non-hydrogen) atoms. The van der Waals surface area contributed by atoms with Crippen LogP contribution in [0.25, 0.3) is 67.0 Å². The lowest BCUT2D eigenvalue weighted by atomic mass is 10.0. The third-order valence-corrected chi connectivity index (χ3v) is 9.09. The fourth-order valence-corrected chi connectivity index (χ4v) is 6.63. The third kappa shape index (κ3) is 5.49. The lowest BCUT2D eigenvalue weighted by molar-refractivity contribution is 0.669. The summed E-state index contributed by atoms with van der Waals surface area (Å²) in [5.74, 6) is 0.650. The van der Waals surface area contributed by atoms with Gasteiger partial charge in [0.05, 0.1) is 17.1 Å². The van der Waals surface area contributed by atoms with Gasteiger partial charge < -0.3 is 9.32 Å². The van der Waals surface area contributed by atoms with Crippen molar-refractivity contribution in [2.75, 3.05) is 4.90 Å². The van der Waals surface area contributed by atoms with Gasteiger partial charge >= 0.3 is 0 Å². The van der Waals surface area contributed by atoms with E-state index >= 15 is 0 Å². The summed E-state index contributed by atoms with van der Waals surface area (Å²) >= 11 is 0. The van der Waals surface area contributed by atoms with Gasteiger partial charge in [0.1, 0.15) is 5.58 Å². The zero-order chi connectivity index (χ0) is 33.3. The van der Waals surface area contributed by atoms with Crippen molar-refractivity contribution in [3.63, 3.8) is 0 Å². The van der Waals surface area contributed by atoms with Gasteiger partial charge in [0.15, 0.2) is 11.4 Å². The molecule has 236 valence electrons. The molecule has 2 heterocycles. The highest BCUT2D eigenvalue weighted by molar-refractivity contribution is 6.11. The topological polar surface area (TPSA) is 42.2 Å². The Kier molecular flexibility index (Phi) is 7.45. The Morgan fingerprint density at radius 3 is 1.52 bits per heavy atom. The molecule has 0 amide bonds. The molecule has 0 spiro atoms. The highest BCUT2D eigenvalue weighted by Gasteiger charge is 2.20. The Balaban J connectivity index is 1.17. The van der Waals surface area contributed by atoms with Crippen LogP contribution in [0.3, 0.4) is 0 Å². The van der Waals surface area contributed by atoms with Crippen LogP contribution >= 0.6 is 0 Å². The molecule has 0 aliphatic heterocycles. The minimum Gasteiger partial charge on any atom is -0.454 e. The number of rotatable bonds is 7. The summed E-state index contributed by atoms with van der Waals surface area (Å²) in [6.07, 6.45) is 0. The quantitative estimate of drug-likeness (QED) is 0.174. The first-order valence-corrected chi connectivity index (χ1v) is 16.7. The first-order chi connectivity index (χ1) is 24.8. The maximum Gasteiger partial charge on any atom is 0.160 e. The number of fused-ring (bicyclic) bond motifs is 3. The number of anilines is 3.